The molecule has 0 amide bonds. The van der Waals surface area contributed by atoms with Gasteiger partial charge < -0.3 is 10.2 Å². The highest BCUT2D eigenvalue weighted by molar-refractivity contribution is 4.88. The van der Waals surface area contributed by atoms with E-state index in [1.807, 2.05) is 0 Å². The average molecular weight is 156 g/mol. The topological polar surface area (TPSA) is 15.3 Å². The number of hydrogen-bond acceptors (Lipinski definition) is 2. The highest BCUT2D eigenvalue weighted by Gasteiger charge is 2.27. The molecular formula is C9H20N2. The smallest absolute Gasteiger partial charge is 0.0140 e. The largest absolute Gasteiger partial charge is 0.312 e. The van der Waals surface area contributed by atoms with Gasteiger partial charge in [-0.25, -0.2) is 0 Å². The van der Waals surface area contributed by atoms with Gasteiger partial charge in [0.1, 0.15) is 0 Å². The Morgan fingerprint density at radius 1 is 1.36 bits per heavy atom. The predicted molar refractivity (Wildman–Crippen MR) is 48.8 cm³/mol. The maximum atomic E-state index is 3.52. The van der Waals surface area contributed by atoms with Crippen molar-refractivity contribution in [3.63, 3.8) is 0 Å². The summed E-state index contributed by atoms with van der Waals surface area (Å²) in [5.74, 6) is 0. The van der Waals surface area contributed by atoms with E-state index in [9.17, 15) is 0 Å². The zero-order chi connectivity index (χ0) is 8.48. The lowest BCUT2D eigenvalue weighted by Gasteiger charge is -2.39. The third-order valence-electron chi connectivity index (χ3n) is 2.56. The minimum Gasteiger partial charge on any atom is -0.312 e. The Balaban J connectivity index is 2.46. The second-order valence-corrected chi connectivity index (χ2v) is 4.42. The Labute approximate surface area is 70.0 Å². The third-order valence-corrected chi connectivity index (χ3v) is 2.56. The molecular weight excluding hydrogens is 136 g/mol. The van der Waals surface area contributed by atoms with Crippen molar-refractivity contribution < 1.29 is 0 Å². The van der Waals surface area contributed by atoms with Crippen molar-refractivity contribution in [2.45, 2.75) is 38.3 Å². The molecule has 0 bridgehead atoms. The Morgan fingerprint density at radius 3 is 2.36 bits per heavy atom. The van der Waals surface area contributed by atoms with Crippen LogP contribution in [0.1, 0.15) is 26.7 Å². The van der Waals surface area contributed by atoms with Crippen LogP contribution in [0, 0.1) is 0 Å². The Morgan fingerprint density at radius 2 is 2.00 bits per heavy atom. The van der Waals surface area contributed by atoms with Crippen LogP contribution in [0.2, 0.25) is 0 Å². The van der Waals surface area contributed by atoms with E-state index in [2.05, 4.69) is 38.2 Å². The van der Waals surface area contributed by atoms with E-state index < -0.39 is 0 Å². The van der Waals surface area contributed by atoms with Crippen LogP contribution in [0.5, 0.6) is 0 Å². The van der Waals surface area contributed by atoms with Crippen molar-refractivity contribution in [2.75, 3.05) is 20.6 Å². The van der Waals surface area contributed by atoms with Crippen LogP contribution in [0.3, 0.4) is 0 Å². The fourth-order valence-electron chi connectivity index (χ4n) is 1.78. The first-order valence-corrected chi connectivity index (χ1v) is 4.43. The van der Waals surface area contributed by atoms with Crippen LogP contribution in [-0.4, -0.2) is 37.1 Å². The van der Waals surface area contributed by atoms with E-state index in [1.165, 1.54) is 12.8 Å². The van der Waals surface area contributed by atoms with Crippen molar-refractivity contribution in [3.8, 4) is 0 Å². The standard InChI is InChI=1S/C9H20N2/c1-9(2)7-8(11(3)4)5-6-10-9/h8,10H,5-7H2,1-4H3. The summed E-state index contributed by atoms with van der Waals surface area (Å²) in [6, 6.07) is 0.770. The molecule has 0 radical (unpaired) electrons. The summed E-state index contributed by atoms with van der Waals surface area (Å²) < 4.78 is 0. The van der Waals surface area contributed by atoms with E-state index in [4.69, 9.17) is 0 Å². The molecule has 1 saturated heterocycles. The minimum absolute atomic E-state index is 0.340. The molecule has 0 aromatic rings. The summed E-state index contributed by atoms with van der Waals surface area (Å²) in [5, 5.41) is 3.52. The molecule has 1 aliphatic heterocycles. The SMILES string of the molecule is CN(C)C1CCNC(C)(C)C1. The lowest BCUT2D eigenvalue weighted by Crippen LogP contribution is -2.51. The van der Waals surface area contributed by atoms with Gasteiger partial charge in [0.2, 0.25) is 0 Å². The first kappa shape index (κ1) is 9.01. The molecule has 11 heavy (non-hydrogen) atoms. The number of hydrogen-bond donors (Lipinski definition) is 1. The summed E-state index contributed by atoms with van der Waals surface area (Å²) in [7, 11) is 4.35. The van der Waals surface area contributed by atoms with Crippen molar-refractivity contribution >= 4 is 0 Å². The lowest BCUT2D eigenvalue weighted by molar-refractivity contribution is 0.167. The van der Waals surface area contributed by atoms with E-state index in [1.54, 1.807) is 0 Å². The third kappa shape index (κ3) is 2.46. The molecule has 1 rings (SSSR count). The Hall–Kier alpha value is -0.0800. The van der Waals surface area contributed by atoms with Gasteiger partial charge in [-0.05, 0) is 47.3 Å². The van der Waals surface area contributed by atoms with Gasteiger partial charge in [0.25, 0.3) is 0 Å². The van der Waals surface area contributed by atoms with Crippen LogP contribution in [0.15, 0.2) is 0 Å². The van der Waals surface area contributed by atoms with Gasteiger partial charge in [0.05, 0.1) is 0 Å². The van der Waals surface area contributed by atoms with E-state index in [0.29, 0.717) is 5.54 Å². The second-order valence-electron chi connectivity index (χ2n) is 4.42. The molecule has 1 atom stereocenters. The van der Waals surface area contributed by atoms with E-state index in [-0.39, 0.29) is 0 Å². The van der Waals surface area contributed by atoms with Crippen molar-refractivity contribution in [1.29, 1.82) is 0 Å². The molecule has 1 aliphatic rings. The molecule has 2 heteroatoms. The maximum Gasteiger partial charge on any atom is 0.0140 e. The summed E-state index contributed by atoms with van der Waals surface area (Å²) in [5.41, 5.74) is 0.340. The quantitative estimate of drug-likeness (QED) is 0.611. The Bertz CT molecular complexity index is 130. The molecule has 0 spiro atoms. The van der Waals surface area contributed by atoms with Crippen LogP contribution in [-0.2, 0) is 0 Å². The fourth-order valence-corrected chi connectivity index (χ4v) is 1.78. The summed E-state index contributed by atoms with van der Waals surface area (Å²) in [6.45, 7) is 5.72. The van der Waals surface area contributed by atoms with Crippen LogP contribution in [0.4, 0.5) is 0 Å². The van der Waals surface area contributed by atoms with Gasteiger partial charge in [-0.2, -0.15) is 0 Å². The predicted octanol–water partition coefficient (Wildman–Crippen LogP) is 1.08. The molecule has 66 valence electrons. The molecule has 0 aliphatic carbocycles. The van der Waals surface area contributed by atoms with Crippen LogP contribution < -0.4 is 5.32 Å². The molecule has 1 N–H and O–H groups in total. The molecule has 2 nitrogen and oxygen atoms in total. The number of nitrogens with one attached hydrogen (secondary N) is 1. The molecule has 0 aromatic heterocycles. The molecule has 1 fully saturated rings. The van der Waals surface area contributed by atoms with Crippen LogP contribution in [0.25, 0.3) is 0 Å². The molecule has 0 saturated carbocycles. The van der Waals surface area contributed by atoms with Gasteiger partial charge in [-0.3, -0.25) is 0 Å². The van der Waals surface area contributed by atoms with Crippen molar-refractivity contribution in [2.24, 2.45) is 0 Å². The van der Waals surface area contributed by atoms with Crippen molar-refractivity contribution in [1.82, 2.24) is 10.2 Å². The minimum atomic E-state index is 0.340. The Kier molecular flexibility index (Phi) is 2.55. The van der Waals surface area contributed by atoms with Gasteiger partial charge >= 0.3 is 0 Å². The zero-order valence-corrected chi connectivity index (χ0v) is 8.15. The number of nitrogens with zero attached hydrogens (tertiary/aromatic N) is 1. The van der Waals surface area contributed by atoms with Gasteiger partial charge in [0.15, 0.2) is 0 Å². The fraction of sp³-hybridized carbons (Fsp3) is 1.00. The van der Waals surface area contributed by atoms with Gasteiger partial charge in [-0.15, -0.1) is 0 Å². The normalized spacial score (nSPS) is 30.8. The molecule has 1 heterocycles. The molecule has 0 aromatic carbocycles. The van der Waals surface area contributed by atoms with Crippen LogP contribution >= 0.6 is 0 Å². The number of rotatable bonds is 1. The second kappa shape index (κ2) is 3.11. The average Bonchev–Trinajstić information content (AvgIpc) is 1.85. The maximum absolute atomic E-state index is 3.52. The zero-order valence-electron chi connectivity index (χ0n) is 8.15. The first-order valence-electron chi connectivity index (χ1n) is 4.43. The summed E-state index contributed by atoms with van der Waals surface area (Å²) in [4.78, 5) is 2.34. The van der Waals surface area contributed by atoms with E-state index in [0.717, 1.165) is 12.6 Å². The monoisotopic (exact) mass is 156 g/mol. The van der Waals surface area contributed by atoms with Gasteiger partial charge in [0, 0.05) is 11.6 Å². The molecule has 1 unspecified atom stereocenters. The summed E-state index contributed by atoms with van der Waals surface area (Å²) >= 11 is 0. The van der Waals surface area contributed by atoms with E-state index >= 15 is 0 Å². The van der Waals surface area contributed by atoms with Gasteiger partial charge in [-0.1, -0.05) is 0 Å². The highest BCUT2D eigenvalue weighted by atomic mass is 15.1. The van der Waals surface area contributed by atoms with Crippen molar-refractivity contribution in [3.05, 3.63) is 0 Å². The lowest BCUT2D eigenvalue weighted by atomic mass is 9.89. The summed E-state index contributed by atoms with van der Waals surface area (Å²) in [6.07, 6.45) is 2.55. The number of piperidine rings is 1. The first-order chi connectivity index (χ1) is 5.01. The highest BCUT2D eigenvalue weighted by Crippen LogP contribution is 2.20.